The minimum atomic E-state index is -1.03. The molecule has 1 aromatic rings. The van der Waals surface area contributed by atoms with Crippen molar-refractivity contribution in [3.8, 4) is 0 Å². The standard InChI is InChI=1S/C16H24N2O3/c1-5-11(2)18(8-9-21-4)12-6-7-13-14(10-12)17(3)16(20)15(13)19/h6-7,10-11,15,19H,5,8-9H2,1-4H3. The molecule has 0 bridgehead atoms. The molecule has 116 valence electrons. The van der Waals surface area contributed by atoms with Crippen LogP contribution < -0.4 is 9.80 Å². The van der Waals surface area contributed by atoms with Crippen molar-refractivity contribution >= 4 is 17.3 Å². The van der Waals surface area contributed by atoms with Crippen molar-refractivity contribution in [2.45, 2.75) is 32.4 Å². The molecule has 0 saturated carbocycles. The molecule has 0 spiro atoms. The van der Waals surface area contributed by atoms with E-state index in [0.29, 0.717) is 18.2 Å². The predicted molar refractivity (Wildman–Crippen MR) is 83.8 cm³/mol. The van der Waals surface area contributed by atoms with E-state index in [0.717, 1.165) is 24.3 Å². The van der Waals surface area contributed by atoms with Crippen molar-refractivity contribution in [3.63, 3.8) is 0 Å². The number of rotatable bonds is 6. The maximum atomic E-state index is 11.8. The molecule has 0 saturated heterocycles. The van der Waals surface area contributed by atoms with Gasteiger partial charge in [0.15, 0.2) is 6.10 Å². The molecule has 0 aliphatic carbocycles. The number of benzene rings is 1. The van der Waals surface area contributed by atoms with E-state index in [1.807, 2.05) is 18.2 Å². The highest BCUT2D eigenvalue weighted by atomic mass is 16.5. The second-order valence-electron chi connectivity index (χ2n) is 5.49. The first-order chi connectivity index (χ1) is 10.0. The van der Waals surface area contributed by atoms with Gasteiger partial charge in [0, 0.05) is 38.0 Å². The number of hydrogen-bond acceptors (Lipinski definition) is 4. The summed E-state index contributed by atoms with van der Waals surface area (Å²) in [5, 5.41) is 9.92. The summed E-state index contributed by atoms with van der Waals surface area (Å²) in [6, 6.07) is 6.17. The Balaban J connectivity index is 2.33. The van der Waals surface area contributed by atoms with Gasteiger partial charge in [0.1, 0.15) is 0 Å². The second kappa shape index (κ2) is 6.45. The van der Waals surface area contributed by atoms with Crippen molar-refractivity contribution in [1.82, 2.24) is 0 Å². The van der Waals surface area contributed by atoms with E-state index < -0.39 is 6.10 Å². The van der Waals surface area contributed by atoms with Crippen molar-refractivity contribution in [1.29, 1.82) is 0 Å². The largest absolute Gasteiger partial charge is 0.383 e. The predicted octanol–water partition coefficient (Wildman–Crippen LogP) is 1.95. The van der Waals surface area contributed by atoms with Crippen LogP contribution in [0, 0.1) is 0 Å². The average molecular weight is 292 g/mol. The Morgan fingerprint density at radius 3 is 2.81 bits per heavy atom. The first-order valence-corrected chi connectivity index (χ1v) is 7.36. The number of hydrogen-bond donors (Lipinski definition) is 1. The molecule has 1 aliphatic heterocycles. The number of ether oxygens (including phenoxy) is 1. The number of anilines is 2. The van der Waals surface area contributed by atoms with Crippen LogP contribution in [0.15, 0.2) is 18.2 Å². The maximum Gasteiger partial charge on any atom is 0.260 e. The van der Waals surface area contributed by atoms with Crippen LogP contribution >= 0.6 is 0 Å². The van der Waals surface area contributed by atoms with Gasteiger partial charge in [-0.3, -0.25) is 4.79 Å². The Morgan fingerprint density at radius 2 is 2.19 bits per heavy atom. The molecule has 0 radical (unpaired) electrons. The van der Waals surface area contributed by atoms with Crippen LogP contribution in [0.3, 0.4) is 0 Å². The third-order valence-corrected chi connectivity index (χ3v) is 4.23. The van der Waals surface area contributed by atoms with Gasteiger partial charge in [-0.2, -0.15) is 0 Å². The van der Waals surface area contributed by atoms with Crippen LogP contribution in [0.25, 0.3) is 0 Å². The van der Waals surface area contributed by atoms with Gasteiger partial charge in [-0.25, -0.2) is 0 Å². The number of nitrogens with zero attached hydrogens (tertiary/aromatic N) is 2. The zero-order valence-electron chi connectivity index (χ0n) is 13.2. The monoisotopic (exact) mass is 292 g/mol. The summed E-state index contributed by atoms with van der Waals surface area (Å²) < 4.78 is 5.19. The molecule has 5 heteroatoms. The van der Waals surface area contributed by atoms with Gasteiger partial charge >= 0.3 is 0 Å². The smallest absolute Gasteiger partial charge is 0.260 e. The molecule has 2 unspecified atom stereocenters. The van der Waals surface area contributed by atoms with Crippen LogP contribution in [-0.4, -0.2) is 44.4 Å². The highest BCUT2D eigenvalue weighted by Gasteiger charge is 2.34. The lowest BCUT2D eigenvalue weighted by atomic mass is 10.1. The number of carbonyl (C=O) groups is 1. The molecule has 5 nitrogen and oxygen atoms in total. The van der Waals surface area contributed by atoms with Crippen LogP contribution in [0.1, 0.15) is 31.9 Å². The summed E-state index contributed by atoms with van der Waals surface area (Å²) in [5.41, 5.74) is 2.52. The third kappa shape index (κ3) is 2.89. The van der Waals surface area contributed by atoms with Gasteiger partial charge in [0.2, 0.25) is 0 Å². The Bertz CT molecular complexity index is 518. The fourth-order valence-corrected chi connectivity index (χ4v) is 2.68. The number of aliphatic hydroxyl groups is 1. The summed E-state index contributed by atoms with van der Waals surface area (Å²) in [4.78, 5) is 15.6. The highest BCUT2D eigenvalue weighted by molar-refractivity contribution is 6.03. The second-order valence-corrected chi connectivity index (χ2v) is 5.49. The lowest BCUT2D eigenvalue weighted by molar-refractivity contribution is -0.125. The van der Waals surface area contributed by atoms with E-state index in [1.165, 1.54) is 4.90 Å². The molecule has 1 heterocycles. The molecule has 0 fully saturated rings. The molecule has 1 aromatic carbocycles. The number of amides is 1. The molecular formula is C16H24N2O3. The normalized spacial score (nSPS) is 18.8. The number of likely N-dealkylation sites (N-methyl/N-ethyl adjacent to an activating group) is 1. The summed E-state index contributed by atoms with van der Waals surface area (Å²) in [6.45, 7) is 5.77. The first-order valence-electron chi connectivity index (χ1n) is 7.36. The average Bonchev–Trinajstić information content (AvgIpc) is 2.72. The number of fused-ring (bicyclic) bond motifs is 1. The van der Waals surface area contributed by atoms with Crippen molar-refractivity contribution in [2.75, 3.05) is 37.1 Å². The number of aliphatic hydroxyl groups excluding tert-OH is 1. The molecule has 0 aromatic heterocycles. The lowest BCUT2D eigenvalue weighted by Crippen LogP contribution is -2.35. The van der Waals surface area contributed by atoms with E-state index in [9.17, 15) is 9.90 Å². The summed E-state index contributed by atoms with van der Waals surface area (Å²) in [5.74, 6) is -0.269. The molecule has 2 atom stereocenters. The number of methoxy groups -OCH3 is 1. The number of carbonyl (C=O) groups excluding carboxylic acids is 1. The van der Waals surface area contributed by atoms with E-state index in [1.54, 1.807) is 14.2 Å². The highest BCUT2D eigenvalue weighted by Crippen LogP contribution is 2.37. The van der Waals surface area contributed by atoms with Gasteiger partial charge in [0.05, 0.1) is 12.3 Å². The summed E-state index contributed by atoms with van der Waals surface area (Å²) >= 11 is 0. The topological polar surface area (TPSA) is 53.0 Å². The van der Waals surface area contributed by atoms with E-state index >= 15 is 0 Å². The lowest BCUT2D eigenvalue weighted by Gasteiger charge is -2.31. The van der Waals surface area contributed by atoms with Crippen LogP contribution in [0.4, 0.5) is 11.4 Å². The Morgan fingerprint density at radius 1 is 1.48 bits per heavy atom. The fraction of sp³-hybridized carbons (Fsp3) is 0.562. The fourth-order valence-electron chi connectivity index (χ4n) is 2.68. The Labute approximate surface area is 126 Å². The SMILES string of the molecule is CCC(C)N(CCOC)c1ccc2c(c1)N(C)C(=O)C2O. The van der Waals surface area contributed by atoms with Crippen molar-refractivity contribution < 1.29 is 14.6 Å². The molecule has 21 heavy (non-hydrogen) atoms. The quantitative estimate of drug-likeness (QED) is 0.870. The van der Waals surface area contributed by atoms with Crippen LogP contribution in [-0.2, 0) is 9.53 Å². The zero-order valence-corrected chi connectivity index (χ0v) is 13.2. The van der Waals surface area contributed by atoms with Gasteiger partial charge < -0.3 is 19.6 Å². The van der Waals surface area contributed by atoms with E-state index in [4.69, 9.17) is 4.74 Å². The summed E-state index contributed by atoms with van der Waals surface area (Å²) in [6.07, 6.45) is -0.00635. The molecule has 2 rings (SSSR count). The molecule has 1 amide bonds. The molecule has 1 aliphatic rings. The maximum absolute atomic E-state index is 11.8. The third-order valence-electron chi connectivity index (χ3n) is 4.23. The van der Waals surface area contributed by atoms with Crippen LogP contribution in [0.2, 0.25) is 0 Å². The zero-order chi connectivity index (χ0) is 15.6. The van der Waals surface area contributed by atoms with Gasteiger partial charge in [-0.1, -0.05) is 13.0 Å². The minimum absolute atomic E-state index is 0.269. The van der Waals surface area contributed by atoms with Gasteiger partial charge in [0.25, 0.3) is 5.91 Å². The minimum Gasteiger partial charge on any atom is -0.383 e. The van der Waals surface area contributed by atoms with Crippen molar-refractivity contribution in [3.05, 3.63) is 23.8 Å². The molecule has 1 N–H and O–H groups in total. The van der Waals surface area contributed by atoms with E-state index in [2.05, 4.69) is 18.7 Å². The Hall–Kier alpha value is -1.59. The van der Waals surface area contributed by atoms with Gasteiger partial charge in [-0.05, 0) is 25.5 Å². The van der Waals surface area contributed by atoms with Crippen molar-refractivity contribution in [2.24, 2.45) is 0 Å². The Kier molecular flexibility index (Phi) is 4.85. The molecular weight excluding hydrogens is 268 g/mol. The van der Waals surface area contributed by atoms with E-state index in [-0.39, 0.29) is 5.91 Å². The summed E-state index contributed by atoms with van der Waals surface area (Å²) in [7, 11) is 3.39. The first kappa shape index (κ1) is 15.8. The van der Waals surface area contributed by atoms with Crippen LogP contribution in [0.5, 0.6) is 0 Å². The van der Waals surface area contributed by atoms with Gasteiger partial charge in [-0.15, -0.1) is 0 Å².